The zero-order valence-corrected chi connectivity index (χ0v) is 23.1. The molecular formula is C27H23Cl2F3N2O5S. The largest absolute Gasteiger partial charge is 0.870 e. The summed E-state index contributed by atoms with van der Waals surface area (Å²) in [4.78, 5) is 17.1. The molecule has 0 saturated carbocycles. The first-order chi connectivity index (χ1) is 18.7. The highest BCUT2D eigenvalue weighted by atomic mass is 35.5. The van der Waals surface area contributed by atoms with Crippen molar-refractivity contribution in [2.75, 3.05) is 12.4 Å². The summed E-state index contributed by atoms with van der Waals surface area (Å²) >= 11 is 13.9. The fourth-order valence-corrected chi connectivity index (χ4v) is 5.08. The molecule has 0 aliphatic carbocycles. The standard InChI is InChI=1S/C27H21Cl2F3N2O4S.H2O/c1-36-24-10-15(6-8-22(24)38-27(31)32)23(11-17-18(28)13-33-14-19(17)29)37-26(35)25-9-7-16(39-25)12-34-21-5-3-2-4-20(21)30;/h2-10,13-14,23,27,34H,11-12H2,1H3;1H2/t23-;/m0./s1. The zero-order chi connectivity index (χ0) is 27.9. The Labute approximate surface area is 241 Å². The molecule has 13 heteroatoms. The van der Waals surface area contributed by atoms with E-state index < -0.39 is 18.7 Å². The number of aromatic amines is 1. The van der Waals surface area contributed by atoms with Crippen molar-refractivity contribution in [2.45, 2.75) is 25.7 Å². The topological polar surface area (TPSA) is 101 Å². The highest BCUT2D eigenvalue weighted by Crippen LogP contribution is 2.36. The van der Waals surface area contributed by atoms with Crippen LogP contribution in [-0.4, -0.2) is 25.2 Å². The maximum atomic E-state index is 13.9. The molecule has 0 radical (unpaired) electrons. The summed E-state index contributed by atoms with van der Waals surface area (Å²) in [5.41, 5.74) is 1.31. The van der Waals surface area contributed by atoms with Crippen LogP contribution in [-0.2, 0) is 17.7 Å². The van der Waals surface area contributed by atoms with Crippen molar-refractivity contribution < 1.29 is 42.6 Å². The number of alkyl halides is 2. The van der Waals surface area contributed by atoms with Crippen molar-refractivity contribution in [3.63, 3.8) is 0 Å². The van der Waals surface area contributed by atoms with E-state index in [9.17, 15) is 18.0 Å². The third-order valence-corrected chi connectivity index (χ3v) is 7.34. The number of nitrogens with one attached hydrogen (secondary N) is 2. The van der Waals surface area contributed by atoms with E-state index >= 15 is 0 Å². The van der Waals surface area contributed by atoms with E-state index in [1.807, 2.05) is 0 Å². The second-order valence-corrected chi connectivity index (χ2v) is 10.1. The van der Waals surface area contributed by atoms with E-state index in [0.717, 1.165) is 4.88 Å². The molecule has 40 heavy (non-hydrogen) atoms. The maximum absolute atomic E-state index is 13.9. The van der Waals surface area contributed by atoms with E-state index in [1.165, 1.54) is 55.1 Å². The van der Waals surface area contributed by atoms with E-state index in [2.05, 4.69) is 15.0 Å². The summed E-state index contributed by atoms with van der Waals surface area (Å²) in [5, 5.41) is 3.65. The number of pyridine rings is 1. The number of anilines is 1. The van der Waals surface area contributed by atoms with Crippen molar-refractivity contribution in [1.82, 2.24) is 0 Å². The molecule has 0 aliphatic rings. The number of H-pyrrole nitrogens is 1. The molecule has 0 unspecified atom stereocenters. The summed E-state index contributed by atoms with van der Waals surface area (Å²) in [7, 11) is 1.31. The number of hydrogen-bond donors (Lipinski definition) is 1. The monoisotopic (exact) mass is 614 g/mol. The number of ether oxygens (including phenoxy) is 3. The van der Waals surface area contributed by atoms with Crippen LogP contribution in [0.15, 0.2) is 67.0 Å². The molecule has 0 fully saturated rings. The van der Waals surface area contributed by atoms with Crippen LogP contribution >= 0.6 is 34.5 Å². The minimum absolute atomic E-state index is 0. The number of rotatable bonds is 11. The lowest BCUT2D eigenvalue weighted by atomic mass is 10.0. The quantitative estimate of drug-likeness (QED) is 0.179. The Bertz CT molecular complexity index is 1440. The van der Waals surface area contributed by atoms with Gasteiger partial charge in [0.1, 0.15) is 26.8 Å². The van der Waals surface area contributed by atoms with Gasteiger partial charge < -0.3 is 25.0 Å². The predicted molar refractivity (Wildman–Crippen MR) is 144 cm³/mol. The van der Waals surface area contributed by atoms with Crippen molar-refractivity contribution in [3.05, 3.63) is 104 Å². The summed E-state index contributed by atoms with van der Waals surface area (Å²) in [6, 6.07) is 13.9. The minimum atomic E-state index is -3.04. The van der Waals surface area contributed by atoms with Crippen LogP contribution in [0.4, 0.5) is 18.9 Å². The Morgan fingerprint density at radius 2 is 1.77 bits per heavy atom. The Morgan fingerprint density at radius 3 is 2.45 bits per heavy atom. The number of esters is 1. The molecule has 212 valence electrons. The minimum Gasteiger partial charge on any atom is -0.870 e. The Kier molecular flexibility index (Phi) is 11.0. The average Bonchev–Trinajstić information content (AvgIpc) is 3.39. The average molecular weight is 615 g/mol. The summed E-state index contributed by atoms with van der Waals surface area (Å²) in [5.74, 6) is -1.14. The number of aromatic nitrogens is 1. The first kappa shape index (κ1) is 31.0. The predicted octanol–water partition coefficient (Wildman–Crippen LogP) is 7.19. The molecule has 3 N–H and O–H groups in total. The normalized spacial score (nSPS) is 11.5. The molecule has 0 saturated heterocycles. The van der Waals surface area contributed by atoms with Gasteiger partial charge in [0.15, 0.2) is 23.9 Å². The van der Waals surface area contributed by atoms with Gasteiger partial charge >= 0.3 is 12.6 Å². The lowest BCUT2D eigenvalue weighted by Crippen LogP contribution is -2.15. The number of carbonyl (C=O) groups is 1. The van der Waals surface area contributed by atoms with Gasteiger partial charge in [-0.05, 0) is 42.0 Å². The number of methoxy groups -OCH3 is 1. The van der Waals surface area contributed by atoms with Crippen LogP contribution in [0, 0.1) is 5.82 Å². The number of hydrogen-bond acceptors (Lipinski definition) is 7. The fraction of sp³-hybridized carbons (Fsp3) is 0.185. The highest BCUT2D eigenvalue weighted by Gasteiger charge is 2.25. The van der Waals surface area contributed by atoms with Crippen LogP contribution < -0.4 is 19.8 Å². The molecule has 1 atom stereocenters. The Morgan fingerprint density at radius 1 is 1.05 bits per heavy atom. The van der Waals surface area contributed by atoms with Gasteiger partial charge in [-0.15, -0.1) is 11.3 Å². The van der Waals surface area contributed by atoms with E-state index in [4.69, 9.17) is 32.7 Å². The third-order valence-electron chi connectivity index (χ3n) is 5.60. The number of halogens is 5. The molecule has 0 aliphatic heterocycles. The van der Waals surface area contributed by atoms with Crippen molar-refractivity contribution in [2.24, 2.45) is 0 Å². The second kappa shape index (κ2) is 14.2. The number of thiophene rings is 1. The first-order valence-electron chi connectivity index (χ1n) is 11.5. The number of para-hydroxylation sites is 1. The van der Waals surface area contributed by atoms with Crippen molar-refractivity contribution in [3.8, 4) is 11.5 Å². The Balaban J connectivity index is 0.00000441. The van der Waals surface area contributed by atoms with Gasteiger partial charge in [0.2, 0.25) is 0 Å². The van der Waals surface area contributed by atoms with Gasteiger partial charge in [0, 0.05) is 23.4 Å². The van der Waals surface area contributed by atoms with Crippen LogP contribution in [0.5, 0.6) is 11.5 Å². The Hall–Kier alpha value is -3.51. The molecule has 0 amide bonds. The van der Waals surface area contributed by atoms with E-state index in [-0.39, 0.29) is 29.2 Å². The van der Waals surface area contributed by atoms with Crippen molar-refractivity contribution >= 4 is 46.2 Å². The van der Waals surface area contributed by atoms with Gasteiger partial charge in [0.25, 0.3) is 0 Å². The van der Waals surface area contributed by atoms with Gasteiger partial charge in [0.05, 0.1) is 12.8 Å². The number of benzene rings is 2. The second-order valence-electron chi connectivity index (χ2n) is 8.12. The molecule has 4 aromatic rings. The molecule has 0 bridgehead atoms. The maximum Gasteiger partial charge on any atom is 0.387 e. The molecular weight excluding hydrogens is 592 g/mol. The van der Waals surface area contributed by atoms with Crippen LogP contribution in [0.1, 0.15) is 31.8 Å². The highest BCUT2D eigenvalue weighted by molar-refractivity contribution is 7.13. The number of carbonyl (C=O) groups excluding carboxylic acids is 1. The fourth-order valence-electron chi connectivity index (χ4n) is 3.72. The molecule has 2 aromatic heterocycles. The van der Waals surface area contributed by atoms with Crippen molar-refractivity contribution in [1.29, 1.82) is 0 Å². The first-order valence-corrected chi connectivity index (χ1v) is 13.1. The molecule has 7 nitrogen and oxygen atoms in total. The van der Waals surface area contributed by atoms with Gasteiger partial charge in [-0.2, -0.15) is 8.78 Å². The smallest absolute Gasteiger partial charge is 0.387 e. The summed E-state index contributed by atoms with van der Waals surface area (Å²) < 4.78 is 55.1. The summed E-state index contributed by atoms with van der Waals surface area (Å²) in [6.07, 6.45) is 2.25. The molecule has 2 heterocycles. The van der Waals surface area contributed by atoms with E-state index in [0.29, 0.717) is 38.3 Å². The van der Waals surface area contributed by atoms with Crippen LogP contribution in [0.2, 0.25) is 10.0 Å². The lowest BCUT2D eigenvalue weighted by molar-refractivity contribution is -0.377. The molecule has 0 spiro atoms. The lowest BCUT2D eigenvalue weighted by Gasteiger charge is -2.20. The molecule has 2 aromatic carbocycles. The van der Waals surface area contributed by atoms with Gasteiger partial charge in [-0.25, -0.2) is 14.2 Å². The SMILES string of the molecule is COc1cc([C@H](Cc2c(Cl)c[nH+]cc2Cl)OC(=O)c2ccc(CNc3ccccc3F)s2)ccc1OC(F)F.[OH-]. The summed E-state index contributed by atoms with van der Waals surface area (Å²) in [6.45, 7) is -2.74. The van der Waals surface area contributed by atoms with Crippen LogP contribution in [0.25, 0.3) is 0 Å². The van der Waals surface area contributed by atoms with Crippen LogP contribution in [0.3, 0.4) is 0 Å². The molecule has 4 rings (SSSR count). The van der Waals surface area contributed by atoms with Gasteiger partial charge in [-0.1, -0.05) is 41.4 Å². The third kappa shape index (κ3) is 7.79. The zero-order valence-electron chi connectivity index (χ0n) is 20.8. The van der Waals surface area contributed by atoms with Gasteiger partial charge in [-0.3, -0.25) is 0 Å². The van der Waals surface area contributed by atoms with E-state index in [1.54, 1.807) is 30.3 Å².